The highest BCUT2D eigenvalue weighted by Gasteiger charge is 2.20. The van der Waals surface area contributed by atoms with Gasteiger partial charge in [0.1, 0.15) is 17.9 Å². The lowest BCUT2D eigenvalue weighted by atomic mass is 10.1. The first-order valence-electron chi connectivity index (χ1n) is 9.75. The fraction of sp³-hybridized carbons (Fsp3) is 0.304. The second kappa shape index (κ2) is 9.63. The van der Waals surface area contributed by atoms with Crippen LogP contribution in [0.15, 0.2) is 59.2 Å². The van der Waals surface area contributed by atoms with Crippen LogP contribution in [-0.4, -0.2) is 33.8 Å². The lowest BCUT2D eigenvalue weighted by Gasteiger charge is -2.25. The first-order valence-corrected chi connectivity index (χ1v) is 9.75. The van der Waals surface area contributed by atoms with E-state index in [1.165, 1.54) is 18.4 Å². The van der Waals surface area contributed by atoms with Gasteiger partial charge < -0.3 is 9.32 Å². The first-order chi connectivity index (χ1) is 14.3. The predicted octanol–water partition coefficient (Wildman–Crippen LogP) is 4.64. The summed E-state index contributed by atoms with van der Waals surface area (Å²) in [4.78, 5) is 20.5. The molecule has 1 amide bonds. The molecule has 0 saturated carbocycles. The number of amides is 1. The Morgan fingerprint density at radius 3 is 2.47 bits per heavy atom. The molecule has 0 saturated heterocycles. The standard InChI is InChI=1S/C23H25F2N3O2/c1-16(2)28(13-18-9-10-19(24)11-20(18)25)14-22-26-21(15-30-22)23(29)27(3)12-17-7-5-4-6-8-17/h4-11,15-16H,12-14H2,1-3H3. The Hall–Kier alpha value is -3.06. The van der Waals surface area contributed by atoms with Crippen molar-refractivity contribution in [2.45, 2.75) is 39.5 Å². The van der Waals surface area contributed by atoms with E-state index in [4.69, 9.17) is 4.42 Å². The van der Waals surface area contributed by atoms with Crippen LogP contribution in [0.2, 0.25) is 0 Å². The van der Waals surface area contributed by atoms with Gasteiger partial charge in [0.15, 0.2) is 5.69 Å². The number of hydrogen-bond donors (Lipinski definition) is 0. The van der Waals surface area contributed by atoms with E-state index in [2.05, 4.69) is 4.98 Å². The maximum absolute atomic E-state index is 14.0. The molecule has 7 heteroatoms. The fourth-order valence-corrected chi connectivity index (χ4v) is 3.07. The zero-order chi connectivity index (χ0) is 21.7. The second-order valence-electron chi connectivity index (χ2n) is 7.51. The Morgan fingerprint density at radius 2 is 1.80 bits per heavy atom. The van der Waals surface area contributed by atoms with Crippen LogP contribution in [0, 0.1) is 11.6 Å². The van der Waals surface area contributed by atoms with Crippen LogP contribution >= 0.6 is 0 Å². The molecular weight excluding hydrogens is 388 g/mol. The van der Waals surface area contributed by atoms with E-state index in [1.54, 1.807) is 11.9 Å². The molecule has 0 aliphatic rings. The molecule has 2 aromatic carbocycles. The van der Waals surface area contributed by atoms with Crippen molar-refractivity contribution in [3.8, 4) is 0 Å². The third-order valence-corrected chi connectivity index (χ3v) is 4.84. The van der Waals surface area contributed by atoms with Gasteiger partial charge in [-0.15, -0.1) is 0 Å². The molecule has 1 aromatic heterocycles. The van der Waals surface area contributed by atoms with Crippen LogP contribution < -0.4 is 0 Å². The number of nitrogens with zero attached hydrogens (tertiary/aromatic N) is 3. The summed E-state index contributed by atoms with van der Waals surface area (Å²) in [7, 11) is 1.71. The monoisotopic (exact) mass is 413 g/mol. The van der Waals surface area contributed by atoms with Gasteiger partial charge in [0.25, 0.3) is 5.91 Å². The van der Waals surface area contributed by atoms with Crippen LogP contribution in [0.4, 0.5) is 8.78 Å². The van der Waals surface area contributed by atoms with Gasteiger partial charge in [0.05, 0.1) is 6.54 Å². The summed E-state index contributed by atoms with van der Waals surface area (Å²) in [6, 6.07) is 13.3. The van der Waals surface area contributed by atoms with Gasteiger partial charge in [0.2, 0.25) is 5.89 Å². The molecule has 30 heavy (non-hydrogen) atoms. The van der Waals surface area contributed by atoms with Gasteiger partial charge in [-0.25, -0.2) is 13.8 Å². The Labute approximate surface area is 174 Å². The van der Waals surface area contributed by atoms with Crippen LogP contribution in [0.25, 0.3) is 0 Å². The van der Waals surface area contributed by atoms with Crippen molar-refractivity contribution >= 4 is 5.91 Å². The van der Waals surface area contributed by atoms with E-state index in [-0.39, 0.29) is 24.2 Å². The third-order valence-electron chi connectivity index (χ3n) is 4.84. The molecule has 0 radical (unpaired) electrons. The van der Waals surface area contributed by atoms with Crippen LogP contribution in [-0.2, 0) is 19.6 Å². The Kier molecular flexibility index (Phi) is 6.95. The molecule has 0 aliphatic carbocycles. The lowest BCUT2D eigenvalue weighted by Crippen LogP contribution is -2.30. The number of carbonyl (C=O) groups is 1. The van der Waals surface area contributed by atoms with Crippen molar-refractivity contribution in [1.29, 1.82) is 0 Å². The smallest absolute Gasteiger partial charge is 0.275 e. The van der Waals surface area contributed by atoms with Crippen molar-refractivity contribution in [3.05, 3.63) is 89.1 Å². The second-order valence-corrected chi connectivity index (χ2v) is 7.51. The summed E-state index contributed by atoms with van der Waals surface area (Å²) in [6.45, 7) is 4.95. The van der Waals surface area contributed by atoms with Gasteiger partial charge in [0, 0.05) is 37.8 Å². The number of halogens is 2. The SMILES string of the molecule is CC(C)N(Cc1nc(C(=O)N(C)Cc2ccccc2)co1)Cc1ccc(F)cc1F. The molecule has 0 aliphatic heterocycles. The molecule has 0 bridgehead atoms. The van der Waals surface area contributed by atoms with Crippen molar-refractivity contribution in [2.75, 3.05) is 7.05 Å². The van der Waals surface area contributed by atoms with Crippen molar-refractivity contribution in [2.24, 2.45) is 0 Å². The highest BCUT2D eigenvalue weighted by molar-refractivity contribution is 5.91. The van der Waals surface area contributed by atoms with Crippen molar-refractivity contribution in [1.82, 2.24) is 14.8 Å². The van der Waals surface area contributed by atoms with Gasteiger partial charge in [-0.2, -0.15) is 0 Å². The molecule has 0 spiro atoms. The molecule has 3 rings (SSSR count). The maximum Gasteiger partial charge on any atom is 0.275 e. The van der Waals surface area contributed by atoms with E-state index in [9.17, 15) is 13.6 Å². The fourth-order valence-electron chi connectivity index (χ4n) is 3.07. The third kappa shape index (κ3) is 5.51. The predicted molar refractivity (Wildman–Crippen MR) is 109 cm³/mol. The summed E-state index contributed by atoms with van der Waals surface area (Å²) in [5.74, 6) is -1.08. The van der Waals surface area contributed by atoms with Crippen LogP contribution in [0.5, 0.6) is 0 Å². The average Bonchev–Trinajstić information content (AvgIpc) is 3.18. The lowest BCUT2D eigenvalue weighted by molar-refractivity contribution is 0.0779. The summed E-state index contributed by atoms with van der Waals surface area (Å²) in [6.07, 6.45) is 1.34. The first kappa shape index (κ1) is 21.6. The number of aromatic nitrogens is 1. The minimum Gasteiger partial charge on any atom is -0.447 e. The number of oxazole rings is 1. The zero-order valence-electron chi connectivity index (χ0n) is 17.3. The van der Waals surface area contributed by atoms with E-state index >= 15 is 0 Å². The largest absolute Gasteiger partial charge is 0.447 e. The number of carbonyl (C=O) groups excluding carboxylic acids is 1. The maximum atomic E-state index is 14.0. The summed E-state index contributed by atoms with van der Waals surface area (Å²) >= 11 is 0. The molecule has 0 atom stereocenters. The average molecular weight is 413 g/mol. The molecule has 0 fully saturated rings. The molecule has 0 unspecified atom stereocenters. The quantitative estimate of drug-likeness (QED) is 0.540. The van der Waals surface area contributed by atoms with E-state index in [0.29, 0.717) is 24.5 Å². The van der Waals surface area contributed by atoms with Gasteiger partial charge in [-0.3, -0.25) is 9.69 Å². The highest BCUT2D eigenvalue weighted by Crippen LogP contribution is 2.17. The van der Waals surface area contributed by atoms with Gasteiger partial charge in [-0.1, -0.05) is 36.4 Å². The van der Waals surface area contributed by atoms with Crippen LogP contribution in [0.3, 0.4) is 0 Å². The summed E-state index contributed by atoms with van der Waals surface area (Å²) in [5, 5.41) is 0. The molecule has 1 heterocycles. The Morgan fingerprint density at radius 1 is 1.07 bits per heavy atom. The normalized spacial score (nSPS) is 11.3. The van der Waals surface area contributed by atoms with Crippen molar-refractivity contribution < 1.29 is 18.0 Å². The zero-order valence-corrected chi connectivity index (χ0v) is 17.3. The number of hydrogen-bond acceptors (Lipinski definition) is 4. The van der Waals surface area contributed by atoms with Gasteiger partial charge >= 0.3 is 0 Å². The minimum atomic E-state index is -0.608. The highest BCUT2D eigenvalue weighted by atomic mass is 19.1. The summed E-state index contributed by atoms with van der Waals surface area (Å²) in [5.41, 5.74) is 1.63. The molecule has 5 nitrogen and oxygen atoms in total. The van der Waals surface area contributed by atoms with Gasteiger partial charge in [-0.05, 0) is 25.5 Å². The van der Waals surface area contributed by atoms with Crippen molar-refractivity contribution in [3.63, 3.8) is 0 Å². The van der Waals surface area contributed by atoms with E-state index in [0.717, 1.165) is 11.6 Å². The number of benzene rings is 2. The molecular formula is C23H25F2N3O2. The summed E-state index contributed by atoms with van der Waals surface area (Å²) < 4.78 is 32.7. The minimum absolute atomic E-state index is 0.0567. The van der Waals surface area contributed by atoms with E-state index in [1.807, 2.05) is 49.1 Å². The van der Waals surface area contributed by atoms with E-state index < -0.39 is 11.6 Å². The molecule has 3 aromatic rings. The molecule has 158 valence electrons. The Balaban J connectivity index is 1.66. The number of rotatable bonds is 8. The van der Waals surface area contributed by atoms with Crippen LogP contribution in [0.1, 0.15) is 41.4 Å². The topological polar surface area (TPSA) is 49.6 Å². The Bertz CT molecular complexity index is 989. The molecule has 0 N–H and O–H groups in total.